The Balaban J connectivity index is 1.27. The Labute approximate surface area is 225 Å². The number of rotatable bonds is 11. The molecule has 10 heteroatoms. The number of ether oxygens (including phenoxy) is 1. The Kier molecular flexibility index (Phi) is 9.76. The van der Waals surface area contributed by atoms with E-state index in [1.54, 1.807) is 12.3 Å². The number of fused-ring (bicyclic) bond motifs is 1. The van der Waals surface area contributed by atoms with Gasteiger partial charge in [0.1, 0.15) is 11.7 Å². The van der Waals surface area contributed by atoms with E-state index in [2.05, 4.69) is 26.9 Å². The Morgan fingerprint density at radius 1 is 1.26 bits per heavy atom. The molecule has 3 aliphatic heterocycles. The molecule has 9 nitrogen and oxygen atoms in total. The predicted octanol–water partition coefficient (Wildman–Crippen LogP) is 3.67. The zero-order chi connectivity index (χ0) is 26.7. The molecule has 3 heterocycles. The van der Waals surface area contributed by atoms with Crippen LogP contribution in [-0.4, -0.2) is 44.2 Å². The number of nitrogens with two attached hydrogens (primary N) is 1. The molecule has 1 aliphatic carbocycles. The van der Waals surface area contributed by atoms with E-state index in [0.717, 1.165) is 47.2 Å². The summed E-state index contributed by atoms with van der Waals surface area (Å²) in [5.74, 6) is 3.81. The van der Waals surface area contributed by atoms with Crippen molar-refractivity contribution in [3.05, 3.63) is 70.6 Å². The van der Waals surface area contributed by atoms with E-state index in [4.69, 9.17) is 26.6 Å². The minimum Gasteiger partial charge on any atom is -0.404 e. The normalized spacial score (nSPS) is 20.6. The summed E-state index contributed by atoms with van der Waals surface area (Å²) in [7, 11) is 0. The lowest BCUT2D eigenvalue weighted by Crippen LogP contribution is -2.37. The van der Waals surface area contributed by atoms with E-state index >= 15 is 0 Å². The number of hydrogen-bond acceptors (Lipinski definition) is 8. The molecule has 0 unspecified atom stereocenters. The number of amidine groups is 1. The van der Waals surface area contributed by atoms with Crippen molar-refractivity contribution in [3.63, 3.8) is 0 Å². The number of nitrogens with zero attached hydrogens (tertiary/aromatic N) is 2. The second-order valence-electron chi connectivity index (χ2n) is 10.1. The van der Waals surface area contributed by atoms with Crippen molar-refractivity contribution in [1.29, 1.82) is 16.1 Å². The van der Waals surface area contributed by atoms with Gasteiger partial charge in [0.25, 0.3) is 6.71 Å². The number of allylic oxidation sites excluding steroid dienone is 6. The van der Waals surface area contributed by atoms with Crippen molar-refractivity contribution < 1.29 is 4.74 Å². The van der Waals surface area contributed by atoms with Gasteiger partial charge in [0.15, 0.2) is 0 Å². The molecule has 0 amide bonds. The van der Waals surface area contributed by atoms with Gasteiger partial charge < -0.3 is 31.8 Å². The van der Waals surface area contributed by atoms with Crippen LogP contribution < -0.4 is 21.7 Å². The van der Waals surface area contributed by atoms with Crippen LogP contribution in [0.4, 0.5) is 0 Å². The first-order valence-corrected chi connectivity index (χ1v) is 13.5. The fourth-order valence-electron chi connectivity index (χ4n) is 5.05. The molecular formula is C28H37BN8O. The summed E-state index contributed by atoms with van der Waals surface area (Å²) >= 11 is 0. The fourth-order valence-corrected chi connectivity index (χ4v) is 5.05. The van der Waals surface area contributed by atoms with E-state index in [9.17, 15) is 0 Å². The molecule has 0 aromatic carbocycles. The van der Waals surface area contributed by atoms with E-state index in [1.807, 2.05) is 24.4 Å². The number of nitrogens with one attached hydrogen (secondary N) is 5. The summed E-state index contributed by atoms with van der Waals surface area (Å²) in [5, 5.41) is 34.8. The van der Waals surface area contributed by atoms with Crippen LogP contribution in [0.3, 0.4) is 0 Å². The van der Waals surface area contributed by atoms with Crippen LogP contribution in [0.15, 0.2) is 75.6 Å². The SMILES string of the molecule is N#CB1CC(OCCN=CC(=CN)C2=CNC3=CC=C(NC(=N)C=C(C=N)CC4CCCCC4)NC3=C2)C1. The maximum atomic E-state index is 8.85. The molecule has 4 aliphatic rings. The number of aliphatic imine (C=N–C) groups is 1. The van der Waals surface area contributed by atoms with Gasteiger partial charge in [-0.1, -0.05) is 32.1 Å². The summed E-state index contributed by atoms with van der Waals surface area (Å²) in [5.41, 5.74) is 10.2. The van der Waals surface area contributed by atoms with Crippen LogP contribution in [-0.2, 0) is 4.74 Å². The monoisotopic (exact) mass is 512 g/mol. The van der Waals surface area contributed by atoms with Gasteiger partial charge in [0, 0.05) is 48.0 Å². The van der Waals surface area contributed by atoms with Crippen molar-refractivity contribution in [2.45, 2.75) is 57.3 Å². The Hall–Kier alpha value is -3.84. The van der Waals surface area contributed by atoms with Crippen molar-refractivity contribution in [3.8, 4) is 5.97 Å². The highest BCUT2D eigenvalue weighted by Crippen LogP contribution is 2.28. The lowest BCUT2D eigenvalue weighted by atomic mass is 9.35. The molecule has 0 bridgehead atoms. The quantitative estimate of drug-likeness (QED) is 0.107. The average molecular weight is 512 g/mol. The minimum atomic E-state index is 0.138. The zero-order valence-electron chi connectivity index (χ0n) is 21.8. The molecule has 1 saturated carbocycles. The molecule has 0 aromatic heterocycles. The third-order valence-corrected chi connectivity index (χ3v) is 7.29. The van der Waals surface area contributed by atoms with Gasteiger partial charge in [-0.05, 0) is 54.9 Å². The van der Waals surface area contributed by atoms with Gasteiger partial charge >= 0.3 is 0 Å². The molecule has 4 rings (SSSR count). The van der Waals surface area contributed by atoms with Crippen molar-refractivity contribution >= 4 is 25.0 Å². The third-order valence-electron chi connectivity index (χ3n) is 7.29. The maximum absolute atomic E-state index is 8.85. The molecule has 0 aromatic rings. The minimum absolute atomic E-state index is 0.138. The molecule has 198 valence electrons. The summed E-state index contributed by atoms with van der Waals surface area (Å²) < 4.78 is 5.74. The molecule has 1 saturated heterocycles. The lowest BCUT2D eigenvalue weighted by Gasteiger charge is -2.27. The van der Waals surface area contributed by atoms with Crippen LogP contribution in [0.1, 0.15) is 38.5 Å². The molecule has 0 radical (unpaired) electrons. The van der Waals surface area contributed by atoms with Crippen LogP contribution in [0.5, 0.6) is 0 Å². The highest BCUT2D eigenvalue weighted by atomic mass is 16.5. The summed E-state index contributed by atoms with van der Waals surface area (Å²) in [4.78, 5) is 4.45. The van der Waals surface area contributed by atoms with Gasteiger partial charge in [0.05, 0.1) is 24.5 Å². The van der Waals surface area contributed by atoms with Gasteiger partial charge in [0.2, 0.25) is 0 Å². The Morgan fingerprint density at radius 2 is 2.08 bits per heavy atom. The van der Waals surface area contributed by atoms with Crippen LogP contribution in [0.25, 0.3) is 0 Å². The smallest absolute Gasteiger partial charge is 0.272 e. The summed E-state index contributed by atoms with van der Waals surface area (Å²) in [6.45, 7) is 1.18. The number of nitriles is 1. The largest absolute Gasteiger partial charge is 0.404 e. The summed E-state index contributed by atoms with van der Waals surface area (Å²) in [6, 6.07) is 0. The highest BCUT2D eigenvalue weighted by Gasteiger charge is 2.33. The molecule has 2 fully saturated rings. The molecule has 38 heavy (non-hydrogen) atoms. The second kappa shape index (κ2) is 13.6. The molecule has 7 N–H and O–H groups in total. The van der Waals surface area contributed by atoms with Crippen LogP contribution >= 0.6 is 0 Å². The van der Waals surface area contributed by atoms with Crippen molar-refractivity contribution in [2.24, 2.45) is 16.6 Å². The molecular weight excluding hydrogens is 475 g/mol. The number of hydrogen-bond donors (Lipinski definition) is 6. The van der Waals surface area contributed by atoms with E-state index in [-0.39, 0.29) is 18.7 Å². The van der Waals surface area contributed by atoms with Crippen LogP contribution in [0, 0.1) is 28.0 Å². The maximum Gasteiger partial charge on any atom is 0.272 e. The first kappa shape index (κ1) is 27.2. The topological polar surface area (TPSA) is 155 Å². The van der Waals surface area contributed by atoms with Gasteiger partial charge in [-0.3, -0.25) is 10.4 Å². The van der Waals surface area contributed by atoms with E-state index in [1.165, 1.54) is 44.5 Å². The Bertz CT molecular complexity index is 1160. The highest BCUT2D eigenvalue weighted by molar-refractivity contribution is 6.70. The second-order valence-corrected chi connectivity index (χ2v) is 10.1. The predicted molar refractivity (Wildman–Crippen MR) is 154 cm³/mol. The Morgan fingerprint density at radius 3 is 2.82 bits per heavy atom. The van der Waals surface area contributed by atoms with Gasteiger partial charge in [-0.15, -0.1) is 0 Å². The first-order chi connectivity index (χ1) is 18.6. The standard InChI is InChI=1S/C28H37BN8O/c30-15-21(10-20-4-2-1-3-5-20)11-27(33)37-28-7-6-25-26(36-28)12-22(18-35-25)23(16-31)17-34-8-9-38-24-13-29(14-24)19-32/h6-7,11-12,15-18,20,24,30,35-36H,1-5,8-10,13-14,31H2,(H2,33,37). The van der Waals surface area contributed by atoms with Crippen LogP contribution in [0.2, 0.25) is 12.6 Å². The number of dihydropyridines is 2. The van der Waals surface area contributed by atoms with Gasteiger partial charge in [-0.2, -0.15) is 0 Å². The summed E-state index contributed by atoms with van der Waals surface area (Å²) in [6.07, 6.45) is 23.0. The van der Waals surface area contributed by atoms with Crippen molar-refractivity contribution in [1.82, 2.24) is 16.0 Å². The third kappa shape index (κ3) is 7.59. The first-order valence-electron chi connectivity index (χ1n) is 13.5. The average Bonchev–Trinajstić information content (AvgIpc) is 2.91. The van der Waals surface area contributed by atoms with Gasteiger partial charge in [-0.25, -0.2) is 5.26 Å². The zero-order valence-corrected chi connectivity index (χ0v) is 21.8. The van der Waals surface area contributed by atoms with E-state index < -0.39 is 0 Å². The van der Waals surface area contributed by atoms with E-state index in [0.29, 0.717) is 24.9 Å². The molecule has 0 spiro atoms. The van der Waals surface area contributed by atoms with Crippen molar-refractivity contribution in [2.75, 3.05) is 13.2 Å². The molecule has 0 atom stereocenters. The lowest BCUT2D eigenvalue weighted by molar-refractivity contribution is 0.0732. The fraction of sp³-hybridized carbons (Fsp3) is 0.429.